The summed E-state index contributed by atoms with van der Waals surface area (Å²) in [6, 6.07) is 9.48. The monoisotopic (exact) mass is 353 g/mol. The first-order valence-corrected chi connectivity index (χ1v) is 8.52. The highest BCUT2D eigenvalue weighted by atomic mass is 16.6. The molecule has 0 bridgehead atoms. The van der Waals surface area contributed by atoms with Crippen molar-refractivity contribution < 1.29 is 23.8 Å². The lowest BCUT2D eigenvalue weighted by molar-refractivity contribution is -0.142. The second-order valence-electron chi connectivity index (χ2n) is 5.98. The first-order valence-electron chi connectivity index (χ1n) is 8.52. The van der Waals surface area contributed by atoms with E-state index in [2.05, 4.69) is 10.1 Å². The Morgan fingerprint density at radius 3 is 2.24 bits per heavy atom. The van der Waals surface area contributed by atoms with Crippen LogP contribution in [0.25, 0.3) is 0 Å². The lowest BCUT2D eigenvalue weighted by atomic mass is 10.1. The second kappa shape index (κ2) is 12.3. The molecule has 0 heterocycles. The summed E-state index contributed by atoms with van der Waals surface area (Å²) in [5, 5.41) is 2.69. The molecule has 1 aromatic rings. The molecular weight excluding hydrogens is 322 g/mol. The van der Waals surface area contributed by atoms with Gasteiger partial charge in [0.2, 0.25) is 0 Å². The zero-order chi connectivity index (χ0) is 19.3. The maximum absolute atomic E-state index is 11.8. The van der Waals surface area contributed by atoms with Crippen molar-refractivity contribution in [2.24, 2.45) is 0 Å². The quantitative estimate of drug-likeness (QED) is 0.754. The molecule has 1 rings (SSSR count). The van der Waals surface area contributed by atoms with Crippen molar-refractivity contribution in [3.05, 3.63) is 35.9 Å². The summed E-state index contributed by atoms with van der Waals surface area (Å²) < 4.78 is 15.5. The number of carbonyl (C=O) groups is 2. The Morgan fingerprint density at radius 2 is 1.72 bits per heavy atom. The third kappa shape index (κ3) is 11.2. The van der Waals surface area contributed by atoms with Crippen molar-refractivity contribution in [1.29, 1.82) is 0 Å². The largest absolute Gasteiger partial charge is 0.469 e. The maximum atomic E-state index is 11.8. The van der Waals surface area contributed by atoms with Gasteiger partial charge in [0.05, 0.1) is 32.8 Å². The van der Waals surface area contributed by atoms with Crippen LogP contribution in [-0.4, -0.2) is 37.9 Å². The molecule has 0 aromatic heterocycles. The lowest BCUT2D eigenvalue weighted by Crippen LogP contribution is -2.35. The molecular formula is C19H31NO5. The Kier molecular flexibility index (Phi) is 11.3. The van der Waals surface area contributed by atoms with Gasteiger partial charge in [-0.1, -0.05) is 44.2 Å². The average Bonchev–Trinajstić information content (AvgIpc) is 2.58. The molecule has 0 aliphatic carbocycles. The van der Waals surface area contributed by atoms with E-state index in [1.807, 2.05) is 44.2 Å². The minimum absolute atomic E-state index is 0.159. The van der Waals surface area contributed by atoms with E-state index in [-0.39, 0.29) is 31.6 Å². The van der Waals surface area contributed by atoms with Gasteiger partial charge in [-0.05, 0) is 26.3 Å². The highest BCUT2D eigenvalue weighted by molar-refractivity contribution is 5.69. The van der Waals surface area contributed by atoms with Crippen LogP contribution in [0.15, 0.2) is 30.3 Å². The highest BCUT2D eigenvalue weighted by Gasteiger charge is 2.19. The van der Waals surface area contributed by atoms with Crippen molar-refractivity contribution in [3.8, 4) is 0 Å². The van der Waals surface area contributed by atoms with Crippen LogP contribution in [0.5, 0.6) is 0 Å². The van der Waals surface area contributed by atoms with E-state index in [9.17, 15) is 9.59 Å². The number of nitrogens with one attached hydrogen (secondary N) is 1. The Morgan fingerprint density at radius 1 is 1.12 bits per heavy atom. The predicted octanol–water partition coefficient (Wildman–Crippen LogP) is 3.86. The van der Waals surface area contributed by atoms with E-state index in [0.29, 0.717) is 0 Å². The molecule has 6 heteroatoms. The Hall–Kier alpha value is -2.08. The van der Waals surface area contributed by atoms with Crippen LogP contribution >= 0.6 is 0 Å². The predicted molar refractivity (Wildman–Crippen MR) is 97.4 cm³/mol. The first-order chi connectivity index (χ1) is 11.8. The van der Waals surface area contributed by atoms with Gasteiger partial charge >= 0.3 is 12.1 Å². The molecule has 0 radical (unpaired) electrons. The minimum Gasteiger partial charge on any atom is -0.469 e. The van der Waals surface area contributed by atoms with E-state index in [0.717, 1.165) is 5.56 Å². The van der Waals surface area contributed by atoms with Crippen molar-refractivity contribution in [1.82, 2.24) is 5.32 Å². The van der Waals surface area contributed by atoms with Gasteiger partial charge in [-0.25, -0.2) is 4.79 Å². The number of benzene rings is 1. The van der Waals surface area contributed by atoms with Gasteiger partial charge in [-0.3, -0.25) is 4.79 Å². The normalized spacial score (nSPS) is 11.6. The summed E-state index contributed by atoms with van der Waals surface area (Å²) in [6.45, 7) is 9.86. The topological polar surface area (TPSA) is 73.9 Å². The van der Waals surface area contributed by atoms with Gasteiger partial charge in [0, 0.05) is 0 Å². The molecule has 1 atom stereocenters. The Balaban J connectivity index is 0.00000277. The second-order valence-corrected chi connectivity index (χ2v) is 5.98. The minimum atomic E-state index is -0.557. The summed E-state index contributed by atoms with van der Waals surface area (Å²) in [5.41, 5.74) is 0.353. The van der Waals surface area contributed by atoms with Crippen molar-refractivity contribution in [2.75, 3.05) is 20.3 Å². The number of hydrogen-bond acceptors (Lipinski definition) is 5. The summed E-state index contributed by atoms with van der Waals surface area (Å²) in [7, 11) is 1.33. The molecule has 0 unspecified atom stereocenters. The number of alkyl carbamates (subject to hydrolysis) is 1. The smallest absolute Gasteiger partial charge is 0.407 e. The third-order valence-electron chi connectivity index (χ3n) is 2.85. The van der Waals surface area contributed by atoms with Gasteiger partial charge in [-0.15, -0.1) is 0 Å². The summed E-state index contributed by atoms with van der Waals surface area (Å²) in [6.07, 6.45) is -0.713. The zero-order valence-corrected chi connectivity index (χ0v) is 16.1. The standard InChI is InChI=1S/C17H25NO5.C2H6/c1-17(2,3)23-16(20)18-12-14(13-8-6-5-7-9-13)22-11-10-15(19)21-4;1-2/h5-9,14H,10-12H2,1-4H3,(H,18,20);1-2H3/t14-;/m1./s1. The fourth-order valence-corrected chi connectivity index (χ4v) is 1.82. The average molecular weight is 353 g/mol. The zero-order valence-electron chi connectivity index (χ0n) is 16.1. The van der Waals surface area contributed by atoms with Gasteiger partial charge in [0.25, 0.3) is 0 Å². The van der Waals surface area contributed by atoms with E-state index in [1.54, 1.807) is 20.8 Å². The summed E-state index contributed by atoms with van der Waals surface area (Å²) in [4.78, 5) is 22.9. The number of carbonyl (C=O) groups excluding carboxylic acids is 2. The van der Waals surface area contributed by atoms with E-state index in [1.165, 1.54) is 7.11 Å². The molecule has 0 aliphatic rings. The number of rotatable bonds is 7. The molecule has 0 aliphatic heterocycles. The van der Waals surface area contributed by atoms with Crippen molar-refractivity contribution in [2.45, 2.75) is 52.7 Å². The Bertz CT molecular complexity index is 496. The number of amides is 1. The molecule has 0 saturated carbocycles. The van der Waals surface area contributed by atoms with E-state index in [4.69, 9.17) is 9.47 Å². The summed E-state index contributed by atoms with van der Waals surface area (Å²) >= 11 is 0. The van der Waals surface area contributed by atoms with Crippen LogP contribution in [-0.2, 0) is 19.0 Å². The molecule has 1 N–H and O–H groups in total. The van der Waals surface area contributed by atoms with Gasteiger partial charge in [0.1, 0.15) is 5.60 Å². The van der Waals surface area contributed by atoms with Crippen molar-refractivity contribution >= 4 is 12.1 Å². The van der Waals surface area contributed by atoms with Crippen LogP contribution in [0.1, 0.15) is 52.7 Å². The first kappa shape index (κ1) is 22.9. The number of ether oxygens (including phenoxy) is 3. The van der Waals surface area contributed by atoms with E-state index >= 15 is 0 Å². The molecule has 0 saturated heterocycles. The van der Waals surface area contributed by atoms with Gasteiger partial charge in [0.15, 0.2) is 0 Å². The van der Waals surface area contributed by atoms with Gasteiger partial charge in [-0.2, -0.15) is 0 Å². The summed E-state index contributed by atoms with van der Waals surface area (Å²) in [5.74, 6) is -0.336. The third-order valence-corrected chi connectivity index (χ3v) is 2.85. The number of methoxy groups -OCH3 is 1. The Labute approximate surface area is 150 Å². The SMILES string of the molecule is CC.COC(=O)CCO[C@H](CNC(=O)OC(C)(C)C)c1ccccc1. The molecule has 25 heavy (non-hydrogen) atoms. The van der Waals surface area contributed by atoms with Gasteiger partial charge < -0.3 is 19.5 Å². The van der Waals surface area contributed by atoms with Crippen LogP contribution in [0, 0.1) is 0 Å². The number of esters is 1. The fraction of sp³-hybridized carbons (Fsp3) is 0.579. The molecule has 6 nitrogen and oxygen atoms in total. The fourth-order valence-electron chi connectivity index (χ4n) is 1.82. The number of hydrogen-bond donors (Lipinski definition) is 1. The molecule has 0 fully saturated rings. The van der Waals surface area contributed by atoms with Crippen LogP contribution < -0.4 is 5.32 Å². The van der Waals surface area contributed by atoms with Crippen LogP contribution in [0.3, 0.4) is 0 Å². The molecule has 1 aromatic carbocycles. The maximum Gasteiger partial charge on any atom is 0.407 e. The van der Waals surface area contributed by atoms with Crippen molar-refractivity contribution in [3.63, 3.8) is 0 Å². The van der Waals surface area contributed by atoms with E-state index < -0.39 is 11.7 Å². The molecule has 0 spiro atoms. The van der Waals surface area contributed by atoms with Crippen LogP contribution in [0.2, 0.25) is 0 Å². The highest BCUT2D eigenvalue weighted by Crippen LogP contribution is 2.17. The van der Waals surface area contributed by atoms with Crippen LogP contribution in [0.4, 0.5) is 4.79 Å². The molecule has 142 valence electrons. The molecule has 1 amide bonds. The lowest BCUT2D eigenvalue weighted by Gasteiger charge is -2.22.